The predicted molar refractivity (Wildman–Crippen MR) is 88.2 cm³/mol. The molecule has 0 aliphatic carbocycles. The van der Waals surface area contributed by atoms with Crippen molar-refractivity contribution in [3.8, 4) is 0 Å². The molecule has 21 heavy (non-hydrogen) atoms. The molecule has 2 aliphatic rings. The summed E-state index contributed by atoms with van der Waals surface area (Å²) in [6.45, 7) is 9.08. The van der Waals surface area contributed by atoms with Gasteiger partial charge in [-0.2, -0.15) is 0 Å². The highest BCUT2D eigenvalue weighted by Crippen LogP contribution is 2.28. The minimum Gasteiger partial charge on any atom is -0.343 e. The summed E-state index contributed by atoms with van der Waals surface area (Å²) >= 11 is 0. The molecule has 2 aliphatic heterocycles. The van der Waals surface area contributed by atoms with Crippen molar-refractivity contribution in [2.75, 3.05) is 33.2 Å². The molecule has 0 radical (unpaired) electrons. The van der Waals surface area contributed by atoms with Crippen LogP contribution in [-0.4, -0.2) is 48.9 Å². The van der Waals surface area contributed by atoms with Crippen LogP contribution in [0.1, 0.15) is 58.8 Å². The number of likely N-dealkylation sites (tertiary alicyclic amines) is 2. The van der Waals surface area contributed by atoms with E-state index in [2.05, 4.69) is 30.7 Å². The molecule has 122 valence electrons. The van der Waals surface area contributed by atoms with Crippen LogP contribution in [0.3, 0.4) is 0 Å². The van der Waals surface area contributed by atoms with Crippen LogP contribution in [0.15, 0.2) is 0 Å². The molecule has 0 N–H and O–H groups in total. The minimum absolute atomic E-state index is 0.407. The van der Waals surface area contributed by atoms with Gasteiger partial charge in [-0.15, -0.1) is 0 Å². The molecule has 0 spiro atoms. The number of hydrogen-bond acceptors (Lipinski definition) is 2. The molecule has 2 rings (SSSR count). The lowest BCUT2D eigenvalue weighted by Crippen LogP contribution is -2.38. The van der Waals surface area contributed by atoms with Gasteiger partial charge in [-0.1, -0.05) is 20.3 Å². The monoisotopic (exact) mass is 294 g/mol. The quantitative estimate of drug-likeness (QED) is 0.776. The lowest BCUT2D eigenvalue weighted by atomic mass is 9.83. The third-order valence-corrected chi connectivity index (χ3v) is 5.93. The first-order chi connectivity index (χ1) is 10.1. The average Bonchev–Trinajstić information content (AvgIpc) is 2.53. The van der Waals surface area contributed by atoms with Crippen molar-refractivity contribution in [2.24, 2.45) is 17.8 Å². The summed E-state index contributed by atoms with van der Waals surface area (Å²) in [5.74, 6) is 2.80. The van der Waals surface area contributed by atoms with Crippen molar-refractivity contribution in [1.82, 2.24) is 9.80 Å². The highest BCUT2D eigenvalue weighted by molar-refractivity contribution is 5.76. The SMILES string of the molecule is CCC1CCN(C(=O)CCC(C)C2CCN(C)CC2)CC1. The largest absolute Gasteiger partial charge is 0.343 e. The van der Waals surface area contributed by atoms with Crippen LogP contribution in [0.25, 0.3) is 0 Å². The number of hydrogen-bond donors (Lipinski definition) is 0. The highest BCUT2D eigenvalue weighted by Gasteiger charge is 2.25. The van der Waals surface area contributed by atoms with Gasteiger partial charge in [0.1, 0.15) is 0 Å². The number of rotatable bonds is 5. The van der Waals surface area contributed by atoms with E-state index in [0.29, 0.717) is 11.8 Å². The lowest BCUT2D eigenvalue weighted by Gasteiger charge is -2.34. The zero-order chi connectivity index (χ0) is 15.2. The van der Waals surface area contributed by atoms with Gasteiger partial charge in [0.05, 0.1) is 0 Å². The number of nitrogens with zero attached hydrogens (tertiary/aromatic N) is 2. The Morgan fingerprint density at radius 3 is 2.29 bits per heavy atom. The lowest BCUT2D eigenvalue weighted by molar-refractivity contribution is -0.133. The maximum atomic E-state index is 12.4. The minimum atomic E-state index is 0.407. The molecule has 3 heteroatoms. The Morgan fingerprint density at radius 2 is 1.71 bits per heavy atom. The molecule has 2 heterocycles. The molecule has 0 aromatic heterocycles. The van der Waals surface area contributed by atoms with Gasteiger partial charge in [0, 0.05) is 19.5 Å². The summed E-state index contributed by atoms with van der Waals surface area (Å²) in [7, 11) is 2.21. The average molecular weight is 294 g/mol. The Bertz CT molecular complexity index is 315. The second kappa shape index (κ2) is 8.17. The third kappa shape index (κ3) is 4.98. The zero-order valence-electron chi connectivity index (χ0n) is 14.3. The van der Waals surface area contributed by atoms with E-state index in [0.717, 1.165) is 37.8 Å². The van der Waals surface area contributed by atoms with Crippen LogP contribution in [0.2, 0.25) is 0 Å². The molecule has 1 atom stereocenters. The Balaban J connectivity index is 1.66. The molecule has 0 aromatic carbocycles. The number of piperidine rings is 2. The van der Waals surface area contributed by atoms with Crippen LogP contribution >= 0.6 is 0 Å². The zero-order valence-corrected chi connectivity index (χ0v) is 14.3. The Labute approximate surface area is 131 Å². The highest BCUT2D eigenvalue weighted by atomic mass is 16.2. The van der Waals surface area contributed by atoms with Gasteiger partial charge in [0.2, 0.25) is 5.91 Å². The summed E-state index contributed by atoms with van der Waals surface area (Å²) in [5, 5.41) is 0. The van der Waals surface area contributed by atoms with E-state index in [4.69, 9.17) is 0 Å². The number of carbonyl (C=O) groups excluding carboxylic acids is 1. The first-order valence-electron chi connectivity index (χ1n) is 9.06. The fourth-order valence-corrected chi connectivity index (χ4v) is 3.93. The first-order valence-corrected chi connectivity index (χ1v) is 9.06. The van der Waals surface area contributed by atoms with E-state index in [9.17, 15) is 4.79 Å². The molecule has 3 nitrogen and oxygen atoms in total. The molecule has 1 amide bonds. The smallest absolute Gasteiger partial charge is 0.222 e. The van der Waals surface area contributed by atoms with E-state index < -0.39 is 0 Å². The molecule has 1 unspecified atom stereocenters. The Kier molecular flexibility index (Phi) is 6.53. The van der Waals surface area contributed by atoms with Crippen molar-refractivity contribution in [3.05, 3.63) is 0 Å². The van der Waals surface area contributed by atoms with Crippen LogP contribution < -0.4 is 0 Å². The summed E-state index contributed by atoms with van der Waals surface area (Å²) in [6.07, 6.45) is 8.18. The topological polar surface area (TPSA) is 23.6 Å². The van der Waals surface area contributed by atoms with Crippen LogP contribution in [0.4, 0.5) is 0 Å². The summed E-state index contributed by atoms with van der Waals surface area (Å²) in [4.78, 5) is 16.9. The van der Waals surface area contributed by atoms with E-state index >= 15 is 0 Å². The van der Waals surface area contributed by atoms with Crippen molar-refractivity contribution in [3.63, 3.8) is 0 Å². The van der Waals surface area contributed by atoms with Crippen molar-refractivity contribution in [2.45, 2.75) is 58.8 Å². The van der Waals surface area contributed by atoms with Crippen LogP contribution in [-0.2, 0) is 4.79 Å². The fraction of sp³-hybridized carbons (Fsp3) is 0.944. The molecule has 0 bridgehead atoms. The fourth-order valence-electron chi connectivity index (χ4n) is 3.93. The second-order valence-corrected chi connectivity index (χ2v) is 7.39. The maximum Gasteiger partial charge on any atom is 0.222 e. The third-order valence-electron chi connectivity index (χ3n) is 5.93. The molecule has 2 fully saturated rings. The molecular formula is C18H34N2O. The van der Waals surface area contributed by atoms with Crippen LogP contribution in [0.5, 0.6) is 0 Å². The standard InChI is InChI=1S/C18H34N2O/c1-4-16-7-13-20(14-8-16)18(21)6-5-15(2)17-9-11-19(3)12-10-17/h15-17H,4-14H2,1-3H3. The van der Waals surface area contributed by atoms with Gasteiger partial charge >= 0.3 is 0 Å². The van der Waals surface area contributed by atoms with E-state index in [1.165, 1.54) is 45.2 Å². The van der Waals surface area contributed by atoms with Gasteiger partial charge in [-0.3, -0.25) is 4.79 Å². The number of amides is 1. The summed E-state index contributed by atoms with van der Waals surface area (Å²) in [6, 6.07) is 0. The van der Waals surface area contributed by atoms with Gasteiger partial charge < -0.3 is 9.80 Å². The first kappa shape index (κ1) is 16.8. The molecule has 0 saturated carbocycles. The molecular weight excluding hydrogens is 260 g/mol. The van der Waals surface area contributed by atoms with E-state index in [1.807, 2.05) is 0 Å². The van der Waals surface area contributed by atoms with Gasteiger partial charge in [0.25, 0.3) is 0 Å². The molecule has 2 saturated heterocycles. The normalized spacial score (nSPS) is 24.2. The van der Waals surface area contributed by atoms with Gasteiger partial charge in [-0.05, 0) is 70.0 Å². The number of carbonyl (C=O) groups is 1. The van der Waals surface area contributed by atoms with E-state index in [1.54, 1.807) is 0 Å². The molecule has 0 aromatic rings. The van der Waals surface area contributed by atoms with Crippen molar-refractivity contribution < 1.29 is 4.79 Å². The second-order valence-electron chi connectivity index (χ2n) is 7.39. The Morgan fingerprint density at radius 1 is 1.10 bits per heavy atom. The summed E-state index contributed by atoms with van der Waals surface area (Å²) in [5.41, 5.74) is 0. The van der Waals surface area contributed by atoms with Gasteiger partial charge in [0.15, 0.2) is 0 Å². The van der Waals surface area contributed by atoms with Crippen molar-refractivity contribution >= 4 is 5.91 Å². The van der Waals surface area contributed by atoms with Gasteiger partial charge in [-0.25, -0.2) is 0 Å². The maximum absolute atomic E-state index is 12.4. The summed E-state index contributed by atoms with van der Waals surface area (Å²) < 4.78 is 0. The van der Waals surface area contributed by atoms with Crippen LogP contribution in [0, 0.1) is 17.8 Å². The van der Waals surface area contributed by atoms with Crippen molar-refractivity contribution in [1.29, 1.82) is 0 Å². The Hall–Kier alpha value is -0.570. The van der Waals surface area contributed by atoms with E-state index in [-0.39, 0.29) is 0 Å². The predicted octanol–water partition coefficient (Wildman–Crippen LogP) is 3.39.